The van der Waals surface area contributed by atoms with Crippen LogP contribution in [0.5, 0.6) is 0 Å². The second-order valence-electron chi connectivity index (χ2n) is 3.45. The van der Waals surface area contributed by atoms with E-state index in [1.54, 1.807) is 6.92 Å². The van der Waals surface area contributed by atoms with Crippen LogP contribution in [-0.4, -0.2) is 30.1 Å². The minimum atomic E-state index is -4.40. The van der Waals surface area contributed by atoms with Crippen molar-refractivity contribution in [3.8, 4) is 0 Å². The molecule has 0 saturated heterocycles. The molecule has 0 radical (unpaired) electrons. The minimum absolute atomic E-state index is 0.0516. The number of rotatable bonds is 4. The lowest BCUT2D eigenvalue weighted by atomic mass is 10.2. The van der Waals surface area contributed by atoms with Crippen LogP contribution in [-0.2, 0) is 0 Å². The van der Waals surface area contributed by atoms with Crippen LogP contribution in [0.25, 0.3) is 0 Å². The maximum Gasteiger partial charge on any atom is 0.406 e. The largest absolute Gasteiger partial charge is 0.457 e. The van der Waals surface area contributed by atoms with Crippen LogP contribution >= 0.6 is 15.9 Å². The van der Waals surface area contributed by atoms with Gasteiger partial charge in [-0.1, -0.05) is 6.92 Å². The molecule has 0 saturated carbocycles. The molecule has 0 N–H and O–H groups in total. The summed E-state index contributed by atoms with van der Waals surface area (Å²) in [6, 6.07) is 1.34. The van der Waals surface area contributed by atoms with E-state index < -0.39 is 18.6 Å². The Morgan fingerprint density at radius 1 is 1.53 bits per heavy atom. The highest BCUT2D eigenvalue weighted by atomic mass is 79.9. The predicted octanol–water partition coefficient (Wildman–Crippen LogP) is 3.46. The summed E-state index contributed by atoms with van der Waals surface area (Å²) in [7, 11) is 0. The molecule has 0 fully saturated rings. The van der Waals surface area contributed by atoms with Crippen LogP contribution in [0.4, 0.5) is 13.2 Å². The summed E-state index contributed by atoms with van der Waals surface area (Å²) in [4.78, 5) is 12.6. The van der Waals surface area contributed by atoms with Gasteiger partial charge in [0.25, 0.3) is 5.91 Å². The van der Waals surface area contributed by atoms with Gasteiger partial charge in [-0.15, -0.1) is 0 Å². The smallest absolute Gasteiger partial charge is 0.406 e. The van der Waals surface area contributed by atoms with Gasteiger partial charge in [0.15, 0.2) is 4.67 Å². The molecule has 1 rings (SSSR count). The van der Waals surface area contributed by atoms with Crippen LogP contribution in [0.15, 0.2) is 21.4 Å². The van der Waals surface area contributed by atoms with Crippen molar-refractivity contribution < 1.29 is 22.4 Å². The van der Waals surface area contributed by atoms with Gasteiger partial charge in [0.2, 0.25) is 0 Å². The first-order chi connectivity index (χ1) is 7.85. The number of carbonyl (C=O) groups excluding carboxylic acids is 1. The zero-order valence-corrected chi connectivity index (χ0v) is 10.6. The molecular weight excluding hydrogens is 303 g/mol. The van der Waals surface area contributed by atoms with E-state index >= 15 is 0 Å². The standard InChI is InChI=1S/C10H11BrF3NO2/c1-2-4-15(6-10(12,13)14)9(16)7-3-5-17-8(7)11/h3,5H,2,4,6H2,1H3. The SMILES string of the molecule is CCCN(CC(F)(F)F)C(=O)c1ccoc1Br. The Bertz CT molecular complexity index is 389. The molecule has 1 aromatic heterocycles. The second kappa shape index (κ2) is 5.57. The van der Waals surface area contributed by atoms with Crippen molar-refractivity contribution in [3.05, 3.63) is 22.6 Å². The Morgan fingerprint density at radius 3 is 2.59 bits per heavy atom. The quantitative estimate of drug-likeness (QED) is 0.853. The first kappa shape index (κ1) is 14.1. The van der Waals surface area contributed by atoms with Gasteiger partial charge in [0, 0.05) is 6.54 Å². The number of halogens is 4. The van der Waals surface area contributed by atoms with E-state index in [-0.39, 0.29) is 16.8 Å². The lowest BCUT2D eigenvalue weighted by Gasteiger charge is -2.22. The fourth-order valence-electron chi connectivity index (χ4n) is 1.36. The van der Waals surface area contributed by atoms with Crippen molar-refractivity contribution in [2.45, 2.75) is 19.5 Å². The van der Waals surface area contributed by atoms with Gasteiger partial charge < -0.3 is 9.32 Å². The summed E-state index contributed by atoms with van der Waals surface area (Å²) in [5.74, 6) is -0.690. The van der Waals surface area contributed by atoms with E-state index in [4.69, 9.17) is 4.42 Å². The first-order valence-electron chi connectivity index (χ1n) is 4.94. The van der Waals surface area contributed by atoms with Gasteiger partial charge in [-0.25, -0.2) is 0 Å². The van der Waals surface area contributed by atoms with E-state index in [0.29, 0.717) is 6.42 Å². The highest BCUT2D eigenvalue weighted by Gasteiger charge is 2.33. The molecule has 0 unspecified atom stereocenters. The third-order valence-electron chi connectivity index (χ3n) is 2.00. The molecule has 17 heavy (non-hydrogen) atoms. The van der Waals surface area contributed by atoms with Crippen molar-refractivity contribution in [2.75, 3.05) is 13.1 Å². The molecule has 0 spiro atoms. The molecule has 0 aliphatic heterocycles. The van der Waals surface area contributed by atoms with Crippen molar-refractivity contribution in [3.63, 3.8) is 0 Å². The molecule has 3 nitrogen and oxygen atoms in total. The maximum absolute atomic E-state index is 12.3. The third-order valence-corrected chi connectivity index (χ3v) is 2.61. The van der Waals surface area contributed by atoms with Gasteiger partial charge in [0.05, 0.1) is 11.8 Å². The van der Waals surface area contributed by atoms with E-state index in [0.717, 1.165) is 4.90 Å². The van der Waals surface area contributed by atoms with E-state index in [1.165, 1.54) is 12.3 Å². The normalized spacial score (nSPS) is 11.6. The highest BCUT2D eigenvalue weighted by Crippen LogP contribution is 2.22. The topological polar surface area (TPSA) is 33.5 Å². The summed E-state index contributed by atoms with van der Waals surface area (Å²) < 4.78 is 41.9. The molecule has 1 heterocycles. The summed E-state index contributed by atoms with van der Waals surface area (Å²) >= 11 is 2.97. The van der Waals surface area contributed by atoms with Gasteiger partial charge in [0.1, 0.15) is 6.54 Å². The fourth-order valence-corrected chi connectivity index (χ4v) is 1.76. The molecular formula is C10H11BrF3NO2. The zero-order valence-electron chi connectivity index (χ0n) is 9.05. The van der Waals surface area contributed by atoms with E-state index in [2.05, 4.69) is 15.9 Å². The van der Waals surface area contributed by atoms with Gasteiger partial charge in [-0.05, 0) is 28.4 Å². The van der Waals surface area contributed by atoms with Crippen LogP contribution in [0.1, 0.15) is 23.7 Å². The molecule has 7 heteroatoms. The highest BCUT2D eigenvalue weighted by molar-refractivity contribution is 9.10. The molecule has 96 valence electrons. The molecule has 0 atom stereocenters. The number of alkyl halides is 3. The number of amides is 1. The van der Waals surface area contributed by atoms with Crippen molar-refractivity contribution in [1.82, 2.24) is 4.90 Å². The summed E-state index contributed by atoms with van der Waals surface area (Å²) in [6.07, 6.45) is -2.70. The van der Waals surface area contributed by atoms with E-state index in [1.807, 2.05) is 0 Å². The predicted molar refractivity (Wildman–Crippen MR) is 58.7 cm³/mol. The number of nitrogens with zero attached hydrogens (tertiary/aromatic N) is 1. The van der Waals surface area contributed by atoms with Crippen LogP contribution in [0, 0.1) is 0 Å². The Balaban J connectivity index is 2.84. The maximum atomic E-state index is 12.3. The summed E-state index contributed by atoms with van der Waals surface area (Å²) in [5.41, 5.74) is 0.0997. The average molecular weight is 314 g/mol. The Morgan fingerprint density at radius 2 is 2.18 bits per heavy atom. The van der Waals surface area contributed by atoms with Crippen molar-refractivity contribution in [2.24, 2.45) is 0 Å². The van der Waals surface area contributed by atoms with Gasteiger partial charge in [-0.2, -0.15) is 13.2 Å². The van der Waals surface area contributed by atoms with Crippen LogP contribution < -0.4 is 0 Å². The van der Waals surface area contributed by atoms with E-state index in [9.17, 15) is 18.0 Å². The summed E-state index contributed by atoms with van der Waals surface area (Å²) in [6.45, 7) is 0.508. The molecule has 0 aliphatic carbocycles. The Labute approximate surface area is 105 Å². The number of hydrogen-bond donors (Lipinski definition) is 0. The molecule has 1 aromatic rings. The van der Waals surface area contributed by atoms with Gasteiger partial charge >= 0.3 is 6.18 Å². The third kappa shape index (κ3) is 4.07. The number of carbonyl (C=O) groups is 1. The summed E-state index contributed by atoms with van der Waals surface area (Å²) in [5, 5.41) is 0. The number of hydrogen-bond acceptors (Lipinski definition) is 2. The molecule has 0 aromatic carbocycles. The second-order valence-corrected chi connectivity index (χ2v) is 4.17. The van der Waals surface area contributed by atoms with Crippen LogP contribution in [0.3, 0.4) is 0 Å². The number of furan rings is 1. The molecule has 0 bridgehead atoms. The van der Waals surface area contributed by atoms with Gasteiger partial charge in [-0.3, -0.25) is 4.79 Å². The average Bonchev–Trinajstić information content (AvgIpc) is 2.61. The Hall–Kier alpha value is -0.980. The fraction of sp³-hybridized carbons (Fsp3) is 0.500. The Kier molecular flexibility index (Phi) is 4.62. The first-order valence-corrected chi connectivity index (χ1v) is 5.73. The zero-order chi connectivity index (χ0) is 13.1. The van der Waals surface area contributed by atoms with Crippen molar-refractivity contribution in [1.29, 1.82) is 0 Å². The monoisotopic (exact) mass is 313 g/mol. The lowest BCUT2D eigenvalue weighted by molar-refractivity contribution is -0.140. The van der Waals surface area contributed by atoms with Crippen LogP contribution in [0.2, 0.25) is 0 Å². The lowest BCUT2D eigenvalue weighted by Crippen LogP contribution is -2.39. The minimum Gasteiger partial charge on any atom is -0.457 e. The molecule has 1 amide bonds. The van der Waals surface area contributed by atoms with Crippen molar-refractivity contribution >= 4 is 21.8 Å². The molecule has 0 aliphatic rings.